The number of likely N-dealkylation sites (N-methyl/N-ethyl adjacent to an activating group) is 1. The van der Waals surface area contributed by atoms with Crippen LogP contribution in [0, 0.1) is 0 Å². The standard InChI is InChI=1S/C17H25N3O/c1-17(2,20(3)4)12-19-16(21)10-9-13-11-18-15-8-6-5-7-14(13)15/h5-8,11,18H,9-10,12H2,1-4H3,(H,19,21). The van der Waals surface area contributed by atoms with Gasteiger partial charge in [0, 0.05) is 35.6 Å². The summed E-state index contributed by atoms with van der Waals surface area (Å²) in [6.45, 7) is 4.90. The second kappa shape index (κ2) is 6.31. The van der Waals surface area contributed by atoms with Crippen molar-refractivity contribution < 1.29 is 4.79 Å². The third-order valence-electron chi connectivity index (χ3n) is 4.23. The highest BCUT2D eigenvalue weighted by Gasteiger charge is 2.20. The Balaban J connectivity index is 1.87. The Morgan fingerprint density at radius 2 is 2.00 bits per heavy atom. The molecule has 0 atom stereocenters. The smallest absolute Gasteiger partial charge is 0.220 e. The molecule has 114 valence electrons. The van der Waals surface area contributed by atoms with E-state index in [4.69, 9.17) is 0 Å². The maximum Gasteiger partial charge on any atom is 0.220 e. The lowest BCUT2D eigenvalue weighted by Gasteiger charge is -2.32. The molecule has 0 aliphatic rings. The van der Waals surface area contributed by atoms with Crippen LogP contribution in [0.1, 0.15) is 25.8 Å². The molecule has 0 saturated heterocycles. The Bertz CT molecular complexity index is 613. The van der Waals surface area contributed by atoms with Gasteiger partial charge in [0.1, 0.15) is 0 Å². The summed E-state index contributed by atoms with van der Waals surface area (Å²) >= 11 is 0. The quantitative estimate of drug-likeness (QED) is 0.858. The lowest BCUT2D eigenvalue weighted by atomic mass is 10.0. The van der Waals surface area contributed by atoms with E-state index in [-0.39, 0.29) is 11.4 Å². The van der Waals surface area contributed by atoms with E-state index in [0.29, 0.717) is 13.0 Å². The number of rotatable bonds is 6. The number of aromatic nitrogens is 1. The van der Waals surface area contributed by atoms with E-state index < -0.39 is 0 Å². The van der Waals surface area contributed by atoms with Crippen molar-refractivity contribution in [1.29, 1.82) is 0 Å². The van der Waals surface area contributed by atoms with E-state index in [1.807, 2.05) is 32.4 Å². The highest BCUT2D eigenvalue weighted by atomic mass is 16.1. The molecule has 1 aromatic carbocycles. The van der Waals surface area contributed by atoms with Crippen LogP contribution in [-0.2, 0) is 11.2 Å². The molecule has 2 N–H and O–H groups in total. The normalized spacial score (nSPS) is 12.0. The summed E-state index contributed by atoms with van der Waals surface area (Å²) in [6.07, 6.45) is 3.28. The van der Waals surface area contributed by atoms with Crippen LogP contribution in [0.15, 0.2) is 30.5 Å². The van der Waals surface area contributed by atoms with Gasteiger partial charge in [-0.3, -0.25) is 4.79 Å². The van der Waals surface area contributed by atoms with Crippen LogP contribution in [0.5, 0.6) is 0 Å². The SMILES string of the molecule is CN(C)C(C)(C)CNC(=O)CCc1c[nH]c2ccccc12. The first-order chi connectivity index (χ1) is 9.90. The Morgan fingerprint density at radius 3 is 2.71 bits per heavy atom. The lowest BCUT2D eigenvalue weighted by molar-refractivity contribution is -0.121. The zero-order valence-corrected chi connectivity index (χ0v) is 13.4. The number of fused-ring (bicyclic) bond motifs is 1. The predicted octanol–water partition coefficient (Wildman–Crippen LogP) is 2.56. The van der Waals surface area contributed by atoms with E-state index >= 15 is 0 Å². The first-order valence-electron chi connectivity index (χ1n) is 7.39. The van der Waals surface area contributed by atoms with Crippen LogP contribution in [0.2, 0.25) is 0 Å². The van der Waals surface area contributed by atoms with Gasteiger partial charge in [-0.25, -0.2) is 0 Å². The maximum atomic E-state index is 12.0. The van der Waals surface area contributed by atoms with Gasteiger partial charge in [-0.2, -0.15) is 0 Å². The summed E-state index contributed by atoms with van der Waals surface area (Å²) in [5.74, 6) is 0.107. The van der Waals surface area contributed by atoms with Gasteiger partial charge >= 0.3 is 0 Å². The number of para-hydroxylation sites is 1. The number of hydrogen-bond acceptors (Lipinski definition) is 2. The highest BCUT2D eigenvalue weighted by Crippen LogP contribution is 2.18. The van der Waals surface area contributed by atoms with E-state index in [9.17, 15) is 4.79 Å². The number of nitrogens with zero attached hydrogens (tertiary/aromatic N) is 1. The van der Waals surface area contributed by atoms with Gasteiger partial charge in [0.05, 0.1) is 0 Å². The molecule has 0 spiro atoms. The average Bonchev–Trinajstić information content (AvgIpc) is 2.86. The predicted molar refractivity (Wildman–Crippen MR) is 87.4 cm³/mol. The van der Waals surface area contributed by atoms with E-state index in [0.717, 1.165) is 11.9 Å². The summed E-state index contributed by atoms with van der Waals surface area (Å²) in [7, 11) is 4.05. The summed E-state index contributed by atoms with van der Waals surface area (Å²) in [5.41, 5.74) is 2.30. The number of aryl methyl sites for hydroxylation is 1. The fourth-order valence-electron chi connectivity index (χ4n) is 2.15. The van der Waals surface area contributed by atoms with Crippen molar-refractivity contribution in [3.05, 3.63) is 36.0 Å². The lowest BCUT2D eigenvalue weighted by Crippen LogP contribution is -2.48. The molecule has 2 aromatic rings. The number of nitrogens with one attached hydrogen (secondary N) is 2. The van der Waals surface area contributed by atoms with Gasteiger partial charge < -0.3 is 15.2 Å². The molecule has 1 amide bonds. The number of benzene rings is 1. The number of carbonyl (C=O) groups is 1. The van der Waals surface area contributed by atoms with Crippen molar-refractivity contribution in [3.8, 4) is 0 Å². The van der Waals surface area contributed by atoms with Gasteiger partial charge in [-0.1, -0.05) is 18.2 Å². The zero-order chi connectivity index (χ0) is 15.5. The Labute approximate surface area is 126 Å². The van der Waals surface area contributed by atoms with E-state index in [1.54, 1.807) is 0 Å². The molecule has 0 aliphatic carbocycles. The average molecular weight is 287 g/mol. The van der Waals surface area contributed by atoms with E-state index in [2.05, 4.69) is 41.2 Å². The van der Waals surface area contributed by atoms with Gasteiger partial charge in [0.2, 0.25) is 5.91 Å². The highest BCUT2D eigenvalue weighted by molar-refractivity contribution is 5.84. The maximum absolute atomic E-state index is 12.0. The fraction of sp³-hybridized carbons (Fsp3) is 0.471. The van der Waals surface area contributed by atoms with Crippen LogP contribution in [0.3, 0.4) is 0 Å². The molecule has 1 aromatic heterocycles. The third-order valence-corrected chi connectivity index (χ3v) is 4.23. The number of aromatic amines is 1. The van der Waals surface area contributed by atoms with Crippen molar-refractivity contribution in [3.63, 3.8) is 0 Å². The van der Waals surface area contributed by atoms with Crippen molar-refractivity contribution in [2.75, 3.05) is 20.6 Å². The fourth-order valence-corrected chi connectivity index (χ4v) is 2.15. The van der Waals surface area contributed by atoms with Crippen molar-refractivity contribution in [1.82, 2.24) is 15.2 Å². The van der Waals surface area contributed by atoms with Crippen LogP contribution in [-0.4, -0.2) is 42.0 Å². The molecule has 0 unspecified atom stereocenters. The van der Waals surface area contributed by atoms with Gasteiger partial charge in [-0.05, 0) is 46.0 Å². The molecule has 21 heavy (non-hydrogen) atoms. The molecule has 0 aliphatic heterocycles. The van der Waals surface area contributed by atoms with Crippen molar-refractivity contribution in [2.24, 2.45) is 0 Å². The Kier molecular flexibility index (Phi) is 4.68. The minimum absolute atomic E-state index is 0.0313. The molecule has 0 fully saturated rings. The van der Waals surface area contributed by atoms with Crippen LogP contribution >= 0.6 is 0 Å². The van der Waals surface area contributed by atoms with E-state index in [1.165, 1.54) is 10.9 Å². The molecule has 2 rings (SSSR count). The number of amides is 1. The largest absolute Gasteiger partial charge is 0.361 e. The number of H-pyrrole nitrogens is 1. The number of carbonyl (C=O) groups excluding carboxylic acids is 1. The summed E-state index contributed by atoms with van der Waals surface area (Å²) in [5, 5.41) is 4.23. The topological polar surface area (TPSA) is 48.1 Å². The monoisotopic (exact) mass is 287 g/mol. The zero-order valence-electron chi connectivity index (χ0n) is 13.4. The van der Waals surface area contributed by atoms with Crippen LogP contribution in [0.25, 0.3) is 10.9 Å². The molecule has 4 heteroatoms. The second-order valence-corrected chi connectivity index (χ2v) is 6.34. The molecule has 0 radical (unpaired) electrons. The molecular weight excluding hydrogens is 262 g/mol. The molecule has 4 nitrogen and oxygen atoms in total. The minimum Gasteiger partial charge on any atom is -0.361 e. The number of hydrogen-bond donors (Lipinski definition) is 2. The Hall–Kier alpha value is -1.81. The second-order valence-electron chi connectivity index (χ2n) is 6.34. The van der Waals surface area contributed by atoms with Crippen molar-refractivity contribution in [2.45, 2.75) is 32.2 Å². The van der Waals surface area contributed by atoms with Crippen LogP contribution < -0.4 is 5.32 Å². The first-order valence-corrected chi connectivity index (χ1v) is 7.39. The van der Waals surface area contributed by atoms with Crippen LogP contribution in [0.4, 0.5) is 0 Å². The van der Waals surface area contributed by atoms with Crippen molar-refractivity contribution >= 4 is 16.8 Å². The third kappa shape index (κ3) is 3.85. The molecular formula is C17H25N3O. The van der Waals surface area contributed by atoms with Gasteiger partial charge in [-0.15, -0.1) is 0 Å². The summed E-state index contributed by atoms with van der Waals surface area (Å²) < 4.78 is 0. The molecule has 0 bridgehead atoms. The molecule has 0 saturated carbocycles. The van der Waals surface area contributed by atoms with Gasteiger partial charge in [0.25, 0.3) is 0 Å². The minimum atomic E-state index is -0.0313. The molecule has 1 heterocycles. The van der Waals surface area contributed by atoms with Gasteiger partial charge in [0.15, 0.2) is 0 Å². The summed E-state index contributed by atoms with van der Waals surface area (Å²) in [6, 6.07) is 8.19. The summed E-state index contributed by atoms with van der Waals surface area (Å²) in [4.78, 5) is 17.4. The first kappa shape index (κ1) is 15.6. The Morgan fingerprint density at radius 1 is 1.29 bits per heavy atom.